The summed E-state index contributed by atoms with van der Waals surface area (Å²) in [6.45, 7) is 3.67. The van der Waals surface area contributed by atoms with Crippen LogP contribution in [0, 0.1) is 18.8 Å². The van der Waals surface area contributed by atoms with Gasteiger partial charge in [0.15, 0.2) is 9.84 Å². The van der Waals surface area contributed by atoms with Crippen molar-refractivity contribution < 1.29 is 36.0 Å². The van der Waals surface area contributed by atoms with Crippen LogP contribution >= 0.6 is 23.2 Å². The molecule has 50 heavy (non-hydrogen) atoms. The average Bonchev–Trinajstić information content (AvgIpc) is 3.28. The first-order valence-corrected chi connectivity index (χ1v) is 20.1. The fraction of sp³-hybridized carbons (Fsp3) is 0.412. The molecule has 2 fully saturated rings. The third kappa shape index (κ3) is 9.81. The van der Waals surface area contributed by atoms with Crippen molar-refractivity contribution in [3.05, 3.63) is 82.1 Å². The summed E-state index contributed by atoms with van der Waals surface area (Å²) in [5, 5.41) is 5.73. The minimum atomic E-state index is -4.14. The van der Waals surface area contributed by atoms with E-state index in [4.69, 9.17) is 27.9 Å². The number of anilines is 1. The Morgan fingerprint density at radius 3 is 2.22 bits per heavy atom. The van der Waals surface area contributed by atoms with Gasteiger partial charge in [-0.15, -0.1) is 0 Å². The molecule has 2 N–H and O–H groups in total. The number of sulfonamides is 1. The molecule has 0 bridgehead atoms. The molecule has 5 rings (SSSR count). The molecular weight excluding hydrogens is 727 g/mol. The molecule has 3 aromatic rings. The Kier molecular flexibility index (Phi) is 13.4. The van der Waals surface area contributed by atoms with Crippen LogP contribution in [0.3, 0.4) is 0 Å². The van der Waals surface area contributed by atoms with Crippen molar-refractivity contribution in [1.29, 1.82) is 0 Å². The maximum Gasteiger partial charge on any atom is 0.325 e. The lowest BCUT2D eigenvalue weighted by molar-refractivity contribution is -0.143. The lowest BCUT2D eigenvalue weighted by atomic mass is 9.86. The van der Waals surface area contributed by atoms with Crippen molar-refractivity contribution in [2.75, 3.05) is 31.3 Å². The smallest absolute Gasteiger partial charge is 0.325 e. The highest BCUT2D eigenvalue weighted by atomic mass is 35.5. The molecule has 1 aromatic heterocycles. The van der Waals surface area contributed by atoms with Gasteiger partial charge in [0, 0.05) is 30.9 Å². The lowest BCUT2D eigenvalue weighted by Crippen LogP contribution is -2.49. The summed E-state index contributed by atoms with van der Waals surface area (Å²) in [5.74, 6) is -1.60. The first-order chi connectivity index (χ1) is 23.6. The number of benzene rings is 2. The minimum Gasteiger partial charge on any atom is -0.465 e. The fourth-order valence-electron chi connectivity index (χ4n) is 6.12. The highest BCUT2D eigenvalue weighted by Gasteiger charge is 2.50. The molecule has 2 heterocycles. The average molecular weight is 768 g/mol. The normalized spacial score (nSPS) is 19.3. The van der Waals surface area contributed by atoms with E-state index in [2.05, 4.69) is 15.6 Å². The van der Waals surface area contributed by atoms with Gasteiger partial charge < -0.3 is 15.4 Å². The summed E-state index contributed by atoms with van der Waals surface area (Å²) in [7, 11) is -7.74. The van der Waals surface area contributed by atoms with Crippen LogP contribution in [0.2, 0.25) is 10.0 Å². The van der Waals surface area contributed by atoms with Gasteiger partial charge in [0.1, 0.15) is 12.6 Å². The number of ether oxygens (including phenoxy) is 1. The number of pyridine rings is 1. The molecule has 12 nitrogen and oxygen atoms in total. The van der Waals surface area contributed by atoms with Crippen molar-refractivity contribution in [1.82, 2.24) is 14.6 Å². The molecule has 0 spiro atoms. The van der Waals surface area contributed by atoms with Crippen LogP contribution < -0.4 is 10.6 Å². The van der Waals surface area contributed by atoms with Crippen LogP contribution in [0.15, 0.2) is 70.7 Å². The van der Waals surface area contributed by atoms with Crippen LogP contribution in [0.4, 0.5) is 5.69 Å². The third-order valence-corrected chi connectivity index (χ3v) is 12.1. The molecular formula is C34H40Cl2N4O8S2. The van der Waals surface area contributed by atoms with Crippen molar-refractivity contribution in [2.45, 2.75) is 61.8 Å². The van der Waals surface area contributed by atoms with Crippen LogP contribution in [-0.2, 0) is 34.2 Å². The number of sulfone groups is 1. The Labute approximate surface area is 302 Å². The van der Waals surface area contributed by atoms with Crippen molar-refractivity contribution >= 4 is 66.5 Å². The molecule has 3 atom stereocenters. The third-order valence-electron chi connectivity index (χ3n) is 8.56. The van der Waals surface area contributed by atoms with E-state index >= 15 is 0 Å². The number of rotatable bonds is 9. The molecule has 1 saturated carbocycles. The molecule has 1 aliphatic heterocycles. The van der Waals surface area contributed by atoms with Crippen LogP contribution in [0.5, 0.6) is 0 Å². The van der Waals surface area contributed by atoms with Gasteiger partial charge in [0.25, 0.3) is 5.91 Å². The van der Waals surface area contributed by atoms with E-state index in [1.54, 1.807) is 6.92 Å². The van der Waals surface area contributed by atoms with E-state index in [0.717, 1.165) is 50.0 Å². The Bertz CT molecular complexity index is 1900. The highest BCUT2D eigenvalue weighted by Crippen LogP contribution is 2.42. The molecule has 1 aliphatic carbocycles. The lowest BCUT2D eigenvalue weighted by Gasteiger charge is -2.27. The van der Waals surface area contributed by atoms with Gasteiger partial charge in [0.05, 0.1) is 32.0 Å². The van der Waals surface area contributed by atoms with Crippen molar-refractivity contribution in [3.8, 4) is 0 Å². The monoisotopic (exact) mass is 766 g/mol. The zero-order valence-corrected chi connectivity index (χ0v) is 31.0. The zero-order chi connectivity index (χ0) is 36.6. The molecule has 1 saturated heterocycles. The van der Waals surface area contributed by atoms with Crippen LogP contribution in [0.1, 0.15) is 54.9 Å². The van der Waals surface area contributed by atoms with Gasteiger partial charge in [-0.1, -0.05) is 66.2 Å². The van der Waals surface area contributed by atoms with E-state index in [9.17, 15) is 31.2 Å². The van der Waals surface area contributed by atoms with Gasteiger partial charge in [-0.25, -0.2) is 16.8 Å². The number of nitrogens with one attached hydrogen (secondary N) is 2. The molecule has 270 valence electrons. The van der Waals surface area contributed by atoms with E-state index in [1.807, 2.05) is 31.2 Å². The first kappa shape index (κ1) is 39.2. The highest BCUT2D eigenvalue weighted by molar-refractivity contribution is 7.91. The Morgan fingerprint density at radius 2 is 1.58 bits per heavy atom. The van der Waals surface area contributed by atoms with Gasteiger partial charge in [-0.3, -0.25) is 19.4 Å². The summed E-state index contributed by atoms with van der Waals surface area (Å²) in [6, 6.07) is 11.7. The number of aromatic nitrogens is 1. The number of carbonyl (C=O) groups is 3. The van der Waals surface area contributed by atoms with E-state index in [0.29, 0.717) is 5.69 Å². The maximum absolute atomic E-state index is 13.6. The molecule has 3 unspecified atom stereocenters. The number of esters is 1. The van der Waals surface area contributed by atoms with Gasteiger partial charge in [-0.05, 0) is 68.9 Å². The number of hydrogen-bond donors (Lipinski definition) is 2. The molecule has 2 aromatic carbocycles. The SMILES string of the molecule is CCOC(=O)CNC(=O)C1C2CCCCCC2CN1S(=O)(=O)c1cccc(S(C)(=O)=O)c1.Cc1ccc(NC(=O)c2c(Cl)cncc2Cl)cc1. The molecule has 2 amide bonds. The Balaban J connectivity index is 0.000000263. The second-order valence-electron chi connectivity index (χ2n) is 12.1. The number of halogens is 2. The summed E-state index contributed by atoms with van der Waals surface area (Å²) in [4.78, 5) is 40.4. The van der Waals surface area contributed by atoms with Crippen molar-refractivity contribution in [3.63, 3.8) is 0 Å². The molecule has 2 aliphatic rings. The van der Waals surface area contributed by atoms with Gasteiger partial charge in [0.2, 0.25) is 15.9 Å². The van der Waals surface area contributed by atoms with Gasteiger partial charge >= 0.3 is 5.97 Å². The van der Waals surface area contributed by atoms with Gasteiger partial charge in [-0.2, -0.15) is 4.31 Å². The summed E-state index contributed by atoms with van der Waals surface area (Å²) in [5.41, 5.74) is 2.04. The fourth-order valence-corrected chi connectivity index (χ4v) is 9.14. The number of carbonyl (C=O) groups excluding carboxylic acids is 3. The minimum absolute atomic E-state index is 0.0312. The van der Waals surface area contributed by atoms with Crippen molar-refractivity contribution in [2.24, 2.45) is 11.8 Å². The first-order valence-electron chi connectivity index (χ1n) is 16.1. The topological polar surface area (TPSA) is 169 Å². The quantitative estimate of drug-likeness (QED) is 0.275. The van der Waals surface area contributed by atoms with E-state index < -0.39 is 37.8 Å². The zero-order valence-electron chi connectivity index (χ0n) is 27.9. The molecule has 0 radical (unpaired) electrons. The predicted octanol–water partition coefficient (Wildman–Crippen LogP) is 5.29. The predicted molar refractivity (Wildman–Crippen MR) is 190 cm³/mol. The summed E-state index contributed by atoms with van der Waals surface area (Å²) < 4.78 is 57.0. The number of hydrogen-bond acceptors (Lipinski definition) is 9. The van der Waals surface area contributed by atoms with Crippen LogP contribution in [0.25, 0.3) is 0 Å². The maximum atomic E-state index is 13.6. The second-order valence-corrected chi connectivity index (χ2v) is 16.9. The molecule has 16 heteroatoms. The number of amides is 2. The summed E-state index contributed by atoms with van der Waals surface area (Å²) >= 11 is 11.8. The van der Waals surface area contributed by atoms with Crippen LogP contribution in [-0.4, -0.2) is 75.9 Å². The largest absolute Gasteiger partial charge is 0.465 e. The van der Waals surface area contributed by atoms with E-state index in [-0.39, 0.29) is 62.8 Å². The Morgan fingerprint density at radius 1 is 0.940 bits per heavy atom. The Hall–Kier alpha value is -3.56. The standard InChI is InChI=1S/C21H30N2O7S2.C13H10Cl2N2O/c1-3-30-19(24)13-22-21(25)20-18-11-6-4-5-8-15(18)14-23(20)32(28,29)17-10-7-9-16(12-17)31(2,26)27;1-8-2-4-9(5-3-8)17-13(18)12-10(14)6-16-7-11(12)15/h7,9-10,12,15,18,20H,3-6,8,11,13-14H2,1-2H3,(H,22,25);2-7H,1H3,(H,17,18). The number of aryl methyl sites for hydroxylation is 1. The number of nitrogens with zero attached hydrogens (tertiary/aromatic N) is 2. The summed E-state index contributed by atoms with van der Waals surface area (Å²) in [6.07, 6.45) is 8.23. The number of fused-ring (bicyclic) bond motifs is 1. The second kappa shape index (κ2) is 17.1. The van der Waals surface area contributed by atoms with E-state index in [1.165, 1.54) is 34.9 Å².